The molecule has 0 heterocycles. The van der Waals surface area contributed by atoms with E-state index in [2.05, 4.69) is 0 Å². The van der Waals surface area contributed by atoms with Gasteiger partial charge in [0.2, 0.25) is 0 Å². The number of Topliss-reactive ketones (excluding diaryl/α,β-unsaturated/α-hetero) is 2. The van der Waals surface area contributed by atoms with Crippen LogP contribution < -0.4 is 0 Å². The predicted molar refractivity (Wildman–Crippen MR) is 86.3 cm³/mol. The Kier molecular flexibility index (Phi) is 7.43. The Morgan fingerprint density at radius 3 is 1.18 bits per heavy atom. The van der Waals surface area contributed by atoms with Gasteiger partial charge >= 0.3 is 0 Å². The topological polar surface area (TPSA) is 74.6 Å². The molecular weight excluding hydrogens is 327 g/mol. The molecule has 2 rings (SSSR count). The molecule has 0 saturated carbocycles. The van der Waals surface area contributed by atoms with Gasteiger partial charge in [-0.2, -0.15) is 0 Å². The lowest BCUT2D eigenvalue weighted by Crippen LogP contribution is -1.98. The zero-order valence-corrected chi connectivity index (χ0v) is 13.0. The number of carbonyl (C=O) groups excluding carboxylic acids is 2. The van der Waals surface area contributed by atoms with Gasteiger partial charge in [0.15, 0.2) is 11.6 Å². The summed E-state index contributed by atoms with van der Waals surface area (Å²) in [5, 5.41) is 17.7. The second-order valence-electron chi connectivity index (χ2n) is 4.21. The minimum absolute atomic E-state index is 0.0230. The van der Waals surface area contributed by atoms with Crippen molar-refractivity contribution >= 4 is 34.8 Å². The van der Waals surface area contributed by atoms with E-state index in [0.29, 0.717) is 11.1 Å². The number of carbonyl (C=O) groups is 2. The Labute approximate surface area is 137 Å². The lowest BCUT2D eigenvalue weighted by molar-refractivity contribution is 0.101. The van der Waals surface area contributed by atoms with Crippen LogP contribution in [0.4, 0.5) is 0 Å². The van der Waals surface area contributed by atoms with Crippen LogP contribution in [0.3, 0.4) is 0 Å². The van der Waals surface area contributed by atoms with Crippen LogP contribution in [0.2, 0.25) is 0 Å². The van der Waals surface area contributed by atoms with E-state index in [1.807, 2.05) is 0 Å². The van der Waals surface area contributed by atoms with Crippen molar-refractivity contribution in [1.29, 1.82) is 0 Å². The molecular formula is C16H14Cl2O4. The number of benzene rings is 2. The summed E-state index contributed by atoms with van der Waals surface area (Å²) in [7, 11) is 0. The van der Waals surface area contributed by atoms with Crippen LogP contribution in [0.15, 0.2) is 48.5 Å². The number of hydrogen-bond donors (Lipinski definition) is 2. The highest BCUT2D eigenvalue weighted by atomic mass is 35.5. The molecule has 0 aromatic heterocycles. The Morgan fingerprint density at radius 2 is 0.955 bits per heavy atom. The molecule has 2 N–H and O–H groups in total. The van der Waals surface area contributed by atoms with E-state index in [1.54, 1.807) is 24.3 Å². The molecule has 0 aliphatic heterocycles. The second kappa shape index (κ2) is 9.07. The molecule has 0 aliphatic carbocycles. The highest BCUT2D eigenvalue weighted by molar-refractivity contribution is 6.30. The Bertz CT molecular complexity index is 564. The molecule has 0 aliphatic rings. The van der Waals surface area contributed by atoms with Crippen molar-refractivity contribution in [2.24, 2.45) is 0 Å². The van der Waals surface area contributed by atoms with E-state index in [1.165, 1.54) is 24.3 Å². The van der Waals surface area contributed by atoms with Crippen LogP contribution in [0.25, 0.3) is 0 Å². The summed E-state index contributed by atoms with van der Waals surface area (Å²) in [4.78, 5) is 21.8. The first-order valence-corrected chi connectivity index (χ1v) is 7.31. The summed E-state index contributed by atoms with van der Waals surface area (Å²) in [5.74, 6) is -0.0131. The van der Waals surface area contributed by atoms with Gasteiger partial charge in [-0.25, -0.2) is 0 Å². The molecule has 0 bridgehead atoms. The van der Waals surface area contributed by atoms with Crippen LogP contribution in [-0.4, -0.2) is 33.5 Å². The molecule has 0 amide bonds. The highest BCUT2D eigenvalue weighted by Gasteiger charge is 2.02. The number of phenolic OH excluding ortho intramolecular Hbond substituents is 2. The summed E-state index contributed by atoms with van der Waals surface area (Å²) in [6, 6.07) is 12.0. The van der Waals surface area contributed by atoms with Crippen LogP contribution in [0.5, 0.6) is 11.5 Å². The maximum Gasteiger partial charge on any atom is 0.177 e. The van der Waals surface area contributed by atoms with Gasteiger partial charge in [0.25, 0.3) is 0 Å². The largest absolute Gasteiger partial charge is 0.508 e. The van der Waals surface area contributed by atoms with Crippen molar-refractivity contribution in [3.8, 4) is 11.5 Å². The third kappa shape index (κ3) is 5.76. The third-order valence-corrected chi connectivity index (χ3v) is 3.11. The number of halogens is 2. The molecule has 0 saturated heterocycles. The lowest BCUT2D eigenvalue weighted by atomic mass is 10.1. The number of phenols is 2. The first-order chi connectivity index (χ1) is 10.5. The van der Waals surface area contributed by atoms with E-state index < -0.39 is 0 Å². The van der Waals surface area contributed by atoms with Gasteiger partial charge in [-0.3, -0.25) is 9.59 Å². The van der Waals surface area contributed by atoms with E-state index in [9.17, 15) is 9.59 Å². The summed E-state index contributed by atoms with van der Waals surface area (Å²) in [5.41, 5.74) is 1.05. The third-order valence-electron chi connectivity index (χ3n) is 2.62. The van der Waals surface area contributed by atoms with Gasteiger partial charge < -0.3 is 10.2 Å². The Morgan fingerprint density at radius 1 is 0.682 bits per heavy atom. The molecule has 0 fully saturated rings. The van der Waals surface area contributed by atoms with Gasteiger partial charge in [0.05, 0.1) is 11.8 Å². The summed E-state index contributed by atoms with van der Waals surface area (Å²) in [6.07, 6.45) is 0. The zero-order chi connectivity index (χ0) is 16.5. The van der Waals surface area contributed by atoms with Crippen LogP contribution in [0.1, 0.15) is 20.7 Å². The smallest absolute Gasteiger partial charge is 0.177 e. The number of aromatic hydroxyl groups is 2. The van der Waals surface area contributed by atoms with E-state index >= 15 is 0 Å². The summed E-state index contributed by atoms with van der Waals surface area (Å²) < 4.78 is 0. The van der Waals surface area contributed by atoms with Crippen molar-refractivity contribution in [3.63, 3.8) is 0 Å². The molecule has 0 atom stereocenters. The fraction of sp³-hybridized carbons (Fsp3) is 0.125. The normalized spacial score (nSPS) is 9.55. The standard InChI is InChI=1S/2C8H7ClO2/c2*9-5-8(11)6-1-3-7(10)4-2-6/h2*1-4,10H,5H2. The summed E-state index contributed by atoms with van der Waals surface area (Å²) >= 11 is 10.6. The van der Waals surface area contributed by atoms with Crippen molar-refractivity contribution in [3.05, 3.63) is 59.7 Å². The first kappa shape index (κ1) is 18.0. The van der Waals surface area contributed by atoms with Crippen LogP contribution >= 0.6 is 23.2 Å². The summed E-state index contributed by atoms with van der Waals surface area (Å²) in [6.45, 7) is 0. The maximum atomic E-state index is 10.9. The maximum absolute atomic E-state index is 10.9. The van der Waals surface area contributed by atoms with Crippen molar-refractivity contribution in [2.75, 3.05) is 11.8 Å². The molecule has 2 aromatic rings. The zero-order valence-electron chi connectivity index (χ0n) is 11.5. The number of hydrogen-bond acceptors (Lipinski definition) is 4. The molecule has 0 unspecified atom stereocenters. The molecule has 6 heteroatoms. The van der Waals surface area contributed by atoms with E-state index in [-0.39, 0.29) is 34.8 Å². The number of ketones is 2. The van der Waals surface area contributed by atoms with Crippen LogP contribution in [0, 0.1) is 0 Å². The van der Waals surface area contributed by atoms with Gasteiger partial charge in [-0.1, -0.05) is 0 Å². The number of rotatable bonds is 4. The molecule has 116 valence electrons. The average Bonchev–Trinajstić information content (AvgIpc) is 2.55. The highest BCUT2D eigenvalue weighted by Crippen LogP contribution is 2.11. The minimum atomic E-state index is -0.133. The molecule has 22 heavy (non-hydrogen) atoms. The van der Waals surface area contributed by atoms with Crippen molar-refractivity contribution in [2.45, 2.75) is 0 Å². The fourth-order valence-corrected chi connectivity index (χ4v) is 1.76. The SMILES string of the molecule is O=C(CCl)c1ccc(O)cc1.O=C(CCl)c1ccc(O)cc1. The van der Waals surface area contributed by atoms with E-state index in [0.717, 1.165) is 0 Å². The van der Waals surface area contributed by atoms with Gasteiger partial charge in [0, 0.05) is 11.1 Å². The Balaban J connectivity index is 0.000000220. The number of alkyl halides is 2. The molecule has 0 spiro atoms. The minimum Gasteiger partial charge on any atom is -0.508 e. The first-order valence-electron chi connectivity index (χ1n) is 6.24. The van der Waals surface area contributed by atoms with Gasteiger partial charge in [-0.05, 0) is 48.5 Å². The molecule has 0 radical (unpaired) electrons. The predicted octanol–water partition coefficient (Wildman–Crippen LogP) is 3.63. The van der Waals surface area contributed by atoms with Gasteiger partial charge in [0.1, 0.15) is 11.5 Å². The van der Waals surface area contributed by atoms with Gasteiger partial charge in [-0.15, -0.1) is 23.2 Å². The quantitative estimate of drug-likeness (QED) is 0.658. The average molecular weight is 341 g/mol. The second-order valence-corrected chi connectivity index (χ2v) is 4.74. The van der Waals surface area contributed by atoms with E-state index in [4.69, 9.17) is 33.4 Å². The fourth-order valence-electron chi connectivity index (χ4n) is 1.45. The Hall–Kier alpha value is -2.04. The molecule has 2 aromatic carbocycles. The monoisotopic (exact) mass is 340 g/mol. The lowest BCUT2D eigenvalue weighted by Gasteiger charge is -1.95. The van der Waals surface area contributed by atoms with Crippen LogP contribution in [-0.2, 0) is 0 Å². The molecule has 4 nitrogen and oxygen atoms in total. The van der Waals surface area contributed by atoms with Crippen molar-refractivity contribution in [1.82, 2.24) is 0 Å². The van der Waals surface area contributed by atoms with Crippen molar-refractivity contribution < 1.29 is 19.8 Å².